The molecule has 0 unspecified atom stereocenters. The first-order valence-electron chi connectivity index (χ1n) is 6.91. The summed E-state index contributed by atoms with van der Waals surface area (Å²) in [5.41, 5.74) is 11.6. The Kier molecular flexibility index (Phi) is 7.11. The highest BCUT2D eigenvalue weighted by Crippen LogP contribution is 2.13. The molecule has 0 atom stereocenters. The zero-order valence-corrected chi connectivity index (χ0v) is 13.4. The van der Waals surface area contributed by atoms with E-state index in [2.05, 4.69) is 13.8 Å². The average molecular weight is 309 g/mol. The molecule has 0 saturated carbocycles. The number of ether oxygens (including phenoxy) is 1. The lowest BCUT2D eigenvalue weighted by Gasteiger charge is -2.22. The molecule has 1 rings (SSSR count). The number of primary amides is 1. The molecule has 0 bridgehead atoms. The van der Waals surface area contributed by atoms with Crippen LogP contribution in [0.5, 0.6) is 5.75 Å². The Morgan fingerprint density at radius 1 is 1.38 bits per heavy atom. The third-order valence-electron chi connectivity index (χ3n) is 2.80. The second kappa shape index (κ2) is 8.59. The Labute approximate surface area is 131 Å². The summed E-state index contributed by atoms with van der Waals surface area (Å²) in [5.74, 6) is 0.845. The highest BCUT2D eigenvalue weighted by molar-refractivity contribution is 7.80. The van der Waals surface area contributed by atoms with Crippen molar-refractivity contribution >= 4 is 23.1 Å². The maximum atomic E-state index is 11.1. The van der Waals surface area contributed by atoms with Crippen molar-refractivity contribution in [2.45, 2.75) is 13.8 Å². The molecule has 0 radical (unpaired) electrons. The molecule has 0 aliphatic rings. The molecule has 21 heavy (non-hydrogen) atoms. The van der Waals surface area contributed by atoms with Gasteiger partial charge >= 0.3 is 0 Å². The maximum Gasteiger partial charge on any atom is 0.231 e. The van der Waals surface area contributed by atoms with Crippen molar-refractivity contribution in [1.29, 1.82) is 0 Å². The van der Waals surface area contributed by atoms with Gasteiger partial charge in [0.15, 0.2) is 0 Å². The predicted octanol–water partition coefficient (Wildman–Crippen LogP) is 1.14. The van der Waals surface area contributed by atoms with E-state index in [1.807, 2.05) is 29.2 Å². The normalized spacial score (nSPS) is 10.9. The molecule has 5 nitrogen and oxygen atoms in total. The van der Waals surface area contributed by atoms with E-state index in [0.717, 1.165) is 12.1 Å². The van der Waals surface area contributed by atoms with E-state index in [1.165, 1.54) is 0 Å². The number of carbonyl (C=O) groups is 1. The molecule has 116 valence electrons. The second-order valence-corrected chi connectivity index (χ2v) is 5.78. The third-order valence-corrected chi connectivity index (χ3v) is 3.03. The standard InChI is InChI=1S/C15H23N3O2S/c1-11(2)9-18(10-14(16)19)6-7-20-13-5-3-4-12(8-13)15(17)21/h3-5,8,11H,6-7,9-10H2,1-2H3,(H2,16,19)(H2,17,21). The minimum absolute atomic E-state index is 0.245. The van der Waals surface area contributed by atoms with Gasteiger partial charge in [0.25, 0.3) is 0 Å². The molecule has 0 aliphatic carbocycles. The number of benzene rings is 1. The van der Waals surface area contributed by atoms with Gasteiger partial charge in [-0.2, -0.15) is 0 Å². The largest absolute Gasteiger partial charge is 0.492 e. The zero-order valence-electron chi connectivity index (χ0n) is 12.5. The van der Waals surface area contributed by atoms with E-state index < -0.39 is 0 Å². The lowest BCUT2D eigenvalue weighted by molar-refractivity contribution is -0.119. The Hall–Kier alpha value is -1.66. The maximum absolute atomic E-state index is 11.1. The summed E-state index contributed by atoms with van der Waals surface area (Å²) < 4.78 is 5.68. The van der Waals surface area contributed by atoms with Crippen molar-refractivity contribution in [2.24, 2.45) is 17.4 Å². The Bertz CT molecular complexity index is 492. The number of nitrogens with zero attached hydrogens (tertiary/aromatic N) is 1. The van der Waals surface area contributed by atoms with Gasteiger partial charge in [-0.05, 0) is 18.1 Å². The summed E-state index contributed by atoms with van der Waals surface area (Å²) in [5, 5.41) is 0. The van der Waals surface area contributed by atoms with Crippen LogP contribution in [-0.4, -0.2) is 42.0 Å². The van der Waals surface area contributed by atoms with Crippen molar-refractivity contribution in [2.75, 3.05) is 26.2 Å². The van der Waals surface area contributed by atoms with Crippen LogP contribution in [0.2, 0.25) is 0 Å². The van der Waals surface area contributed by atoms with Gasteiger partial charge in [-0.25, -0.2) is 0 Å². The van der Waals surface area contributed by atoms with E-state index in [0.29, 0.717) is 29.8 Å². The number of hydrogen-bond acceptors (Lipinski definition) is 4. The van der Waals surface area contributed by atoms with Crippen LogP contribution in [0.4, 0.5) is 0 Å². The molecule has 0 fully saturated rings. The number of carbonyl (C=O) groups excluding carboxylic acids is 1. The average Bonchev–Trinajstić information content (AvgIpc) is 2.37. The summed E-state index contributed by atoms with van der Waals surface area (Å²) in [6, 6.07) is 7.35. The highest BCUT2D eigenvalue weighted by atomic mass is 32.1. The van der Waals surface area contributed by atoms with Gasteiger partial charge in [0.1, 0.15) is 17.3 Å². The van der Waals surface area contributed by atoms with Gasteiger partial charge in [0.2, 0.25) is 5.91 Å². The van der Waals surface area contributed by atoms with Crippen molar-refractivity contribution in [3.05, 3.63) is 29.8 Å². The minimum Gasteiger partial charge on any atom is -0.492 e. The van der Waals surface area contributed by atoms with Crippen molar-refractivity contribution in [1.82, 2.24) is 4.90 Å². The van der Waals surface area contributed by atoms with Gasteiger partial charge < -0.3 is 16.2 Å². The topological polar surface area (TPSA) is 81.6 Å². The molecule has 0 aliphatic heterocycles. The van der Waals surface area contributed by atoms with Crippen LogP contribution in [-0.2, 0) is 4.79 Å². The lowest BCUT2D eigenvalue weighted by Crippen LogP contribution is -2.38. The smallest absolute Gasteiger partial charge is 0.231 e. The molecule has 0 aromatic heterocycles. The number of amides is 1. The van der Waals surface area contributed by atoms with Gasteiger partial charge in [-0.15, -0.1) is 0 Å². The zero-order chi connectivity index (χ0) is 15.8. The monoisotopic (exact) mass is 309 g/mol. The van der Waals surface area contributed by atoms with Gasteiger partial charge in [-0.3, -0.25) is 9.69 Å². The molecule has 0 saturated heterocycles. The fraction of sp³-hybridized carbons (Fsp3) is 0.467. The van der Waals surface area contributed by atoms with Crippen molar-refractivity contribution < 1.29 is 9.53 Å². The highest BCUT2D eigenvalue weighted by Gasteiger charge is 2.10. The van der Waals surface area contributed by atoms with Crippen LogP contribution in [0.15, 0.2) is 24.3 Å². The van der Waals surface area contributed by atoms with Crippen LogP contribution in [0.3, 0.4) is 0 Å². The Morgan fingerprint density at radius 3 is 2.67 bits per heavy atom. The first-order valence-corrected chi connectivity index (χ1v) is 7.32. The predicted molar refractivity (Wildman–Crippen MR) is 88.3 cm³/mol. The third kappa shape index (κ3) is 7.06. The fourth-order valence-electron chi connectivity index (χ4n) is 2.00. The molecule has 1 aromatic rings. The van der Waals surface area contributed by atoms with Gasteiger partial charge in [0.05, 0.1) is 6.54 Å². The molecular formula is C15H23N3O2S. The van der Waals surface area contributed by atoms with Crippen LogP contribution >= 0.6 is 12.2 Å². The van der Waals surface area contributed by atoms with Crippen LogP contribution in [0.25, 0.3) is 0 Å². The number of hydrogen-bond donors (Lipinski definition) is 2. The summed E-state index contributed by atoms with van der Waals surface area (Å²) in [7, 11) is 0. The first-order chi connectivity index (χ1) is 9.88. The second-order valence-electron chi connectivity index (χ2n) is 5.34. The van der Waals surface area contributed by atoms with E-state index in [1.54, 1.807) is 0 Å². The molecule has 1 aromatic carbocycles. The van der Waals surface area contributed by atoms with E-state index in [4.69, 9.17) is 28.4 Å². The Morgan fingerprint density at radius 2 is 2.10 bits per heavy atom. The van der Waals surface area contributed by atoms with Crippen LogP contribution < -0.4 is 16.2 Å². The fourth-order valence-corrected chi connectivity index (χ4v) is 2.13. The van der Waals surface area contributed by atoms with E-state index in [9.17, 15) is 4.79 Å². The van der Waals surface area contributed by atoms with E-state index >= 15 is 0 Å². The molecule has 6 heteroatoms. The van der Waals surface area contributed by atoms with Crippen LogP contribution in [0.1, 0.15) is 19.4 Å². The SMILES string of the molecule is CC(C)CN(CCOc1cccc(C(N)=S)c1)CC(N)=O. The van der Waals surface area contributed by atoms with E-state index in [-0.39, 0.29) is 12.5 Å². The number of nitrogens with two attached hydrogens (primary N) is 2. The molecule has 4 N–H and O–H groups in total. The van der Waals surface area contributed by atoms with Crippen molar-refractivity contribution in [3.63, 3.8) is 0 Å². The van der Waals surface area contributed by atoms with Gasteiger partial charge in [-0.1, -0.05) is 38.2 Å². The summed E-state index contributed by atoms with van der Waals surface area (Å²) in [6.07, 6.45) is 0. The first kappa shape index (κ1) is 17.4. The Balaban J connectivity index is 2.51. The quantitative estimate of drug-likeness (QED) is 0.669. The lowest BCUT2D eigenvalue weighted by atomic mass is 10.2. The summed E-state index contributed by atoms with van der Waals surface area (Å²) >= 11 is 4.93. The van der Waals surface area contributed by atoms with Crippen molar-refractivity contribution in [3.8, 4) is 5.75 Å². The summed E-state index contributed by atoms with van der Waals surface area (Å²) in [4.78, 5) is 13.4. The number of rotatable bonds is 9. The van der Waals surface area contributed by atoms with Gasteiger partial charge in [0, 0.05) is 18.7 Å². The molecule has 1 amide bonds. The minimum atomic E-state index is -0.328. The molecule has 0 spiro atoms. The van der Waals surface area contributed by atoms with Crippen LogP contribution in [0, 0.1) is 5.92 Å². The molecular weight excluding hydrogens is 286 g/mol. The molecule has 0 heterocycles. The summed E-state index contributed by atoms with van der Waals surface area (Å²) in [6.45, 7) is 6.36. The number of thiocarbonyl (C=S) groups is 1.